The molecule has 1 heterocycles. The second kappa shape index (κ2) is 5.43. The van der Waals surface area contributed by atoms with Gasteiger partial charge in [0, 0.05) is 22.8 Å². The Hall–Kier alpha value is -2.19. The summed E-state index contributed by atoms with van der Waals surface area (Å²) in [6, 6.07) is 15.7. The molecule has 3 aromatic rings. The van der Waals surface area contributed by atoms with E-state index in [-0.39, 0.29) is 6.54 Å². The predicted molar refractivity (Wildman–Crippen MR) is 83.1 cm³/mol. The first-order valence-corrected chi connectivity index (χ1v) is 6.66. The van der Waals surface area contributed by atoms with E-state index < -0.39 is 0 Å². The van der Waals surface area contributed by atoms with Crippen LogP contribution in [0.5, 0.6) is 5.75 Å². The molecule has 0 saturated heterocycles. The standard InChI is InChI=1S/C15H13N2O2P/c18-16-9-11-10-17(15-4-2-1-3-14(11)15)12-5-7-13(19-20)8-6-12/h1-8,10H,9,20H2. The molecule has 2 aromatic carbocycles. The first-order chi connectivity index (χ1) is 9.83. The lowest BCUT2D eigenvalue weighted by Crippen LogP contribution is -1.91. The molecule has 0 aliphatic rings. The zero-order valence-corrected chi connectivity index (χ0v) is 11.8. The number of benzene rings is 2. The van der Waals surface area contributed by atoms with Gasteiger partial charge in [-0.25, -0.2) is 0 Å². The van der Waals surface area contributed by atoms with E-state index in [1.165, 1.54) is 0 Å². The topological polar surface area (TPSA) is 43.6 Å². The maximum atomic E-state index is 10.6. The summed E-state index contributed by atoms with van der Waals surface area (Å²) in [5.74, 6) is 0.782. The van der Waals surface area contributed by atoms with Gasteiger partial charge in [0.05, 0.1) is 15.0 Å². The Kier molecular flexibility index (Phi) is 3.48. The van der Waals surface area contributed by atoms with E-state index in [9.17, 15) is 4.91 Å². The van der Waals surface area contributed by atoms with Crippen LogP contribution in [-0.4, -0.2) is 4.57 Å². The Morgan fingerprint density at radius 2 is 1.85 bits per heavy atom. The van der Waals surface area contributed by atoms with Gasteiger partial charge in [-0.15, -0.1) is 0 Å². The minimum atomic E-state index is 0.181. The fraction of sp³-hybridized carbons (Fsp3) is 0.0667. The maximum absolute atomic E-state index is 10.6. The highest BCUT2D eigenvalue weighted by molar-refractivity contribution is 7.10. The van der Waals surface area contributed by atoms with Gasteiger partial charge < -0.3 is 9.09 Å². The van der Waals surface area contributed by atoms with Gasteiger partial charge in [0.2, 0.25) is 0 Å². The van der Waals surface area contributed by atoms with Crippen LogP contribution >= 0.6 is 9.47 Å². The van der Waals surface area contributed by atoms with Crippen LogP contribution in [0.2, 0.25) is 0 Å². The zero-order valence-electron chi connectivity index (χ0n) is 10.7. The minimum absolute atomic E-state index is 0.181. The predicted octanol–water partition coefficient (Wildman–Crippen LogP) is 4.07. The Bertz CT molecular complexity index is 750. The summed E-state index contributed by atoms with van der Waals surface area (Å²) in [6.45, 7) is 0.181. The summed E-state index contributed by atoms with van der Waals surface area (Å²) in [7, 11) is 2.23. The smallest absolute Gasteiger partial charge is 0.122 e. The van der Waals surface area contributed by atoms with Crippen molar-refractivity contribution in [2.24, 2.45) is 5.18 Å². The molecule has 0 aliphatic heterocycles. The van der Waals surface area contributed by atoms with Crippen molar-refractivity contribution in [2.45, 2.75) is 6.54 Å². The van der Waals surface area contributed by atoms with Gasteiger partial charge in [0.1, 0.15) is 12.3 Å². The molecule has 0 aliphatic carbocycles. The van der Waals surface area contributed by atoms with Crippen LogP contribution < -0.4 is 4.52 Å². The molecule has 100 valence electrons. The summed E-state index contributed by atoms with van der Waals surface area (Å²) in [5, 5.41) is 4.06. The van der Waals surface area contributed by atoms with E-state index in [1.54, 1.807) is 0 Å². The van der Waals surface area contributed by atoms with Crippen molar-refractivity contribution < 1.29 is 4.52 Å². The molecular formula is C15H13N2O2P. The van der Waals surface area contributed by atoms with E-state index in [4.69, 9.17) is 4.52 Å². The van der Waals surface area contributed by atoms with Gasteiger partial charge in [0.15, 0.2) is 0 Å². The Balaban J connectivity index is 2.16. The molecule has 1 unspecified atom stereocenters. The van der Waals surface area contributed by atoms with Crippen LogP contribution in [0, 0.1) is 4.91 Å². The van der Waals surface area contributed by atoms with Crippen molar-refractivity contribution in [1.82, 2.24) is 4.57 Å². The summed E-state index contributed by atoms with van der Waals surface area (Å²) < 4.78 is 7.15. The average Bonchev–Trinajstić information content (AvgIpc) is 2.87. The van der Waals surface area contributed by atoms with Crippen LogP contribution in [0.3, 0.4) is 0 Å². The van der Waals surface area contributed by atoms with Crippen molar-refractivity contribution >= 4 is 20.4 Å². The SMILES string of the molecule is O=NCc1cn(-c2ccc(OP)cc2)c2ccccc12. The van der Waals surface area contributed by atoms with Gasteiger partial charge in [-0.3, -0.25) is 0 Å². The number of hydrogen-bond acceptors (Lipinski definition) is 3. The molecule has 5 heteroatoms. The highest BCUT2D eigenvalue weighted by Gasteiger charge is 2.09. The third-order valence-electron chi connectivity index (χ3n) is 3.28. The largest absolute Gasteiger partial charge is 0.480 e. The molecule has 0 spiro atoms. The van der Waals surface area contributed by atoms with Crippen LogP contribution in [0.25, 0.3) is 16.6 Å². The van der Waals surface area contributed by atoms with Gasteiger partial charge in [0.25, 0.3) is 0 Å². The highest BCUT2D eigenvalue weighted by atomic mass is 31.0. The Labute approximate surface area is 118 Å². The van der Waals surface area contributed by atoms with Gasteiger partial charge in [-0.05, 0) is 30.3 Å². The Morgan fingerprint density at radius 3 is 2.55 bits per heavy atom. The molecule has 1 aromatic heterocycles. The molecule has 0 radical (unpaired) electrons. The van der Waals surface area contributed by atoms with Crippen molar-refractivity contribution in [1.29, 1.82) is 0 Å². The normalized spacial score (nSPS) is 10.7. The maximum Gasteiger partial charge on any atom is 0.122 e. The van der Waals surface area contributed by atoms with Crippen LogP contribution in [0.15, 0.2) is 59.9 Å². The molecule has 3 rings (SSSR count). The van der Waals surface area contributed by atoms with Gasteiger partial charge >= 0.3 is 0 Å². The third kappa shape index (κ3) is 2.19. The van der Waals surface area contributed by atoms with Crippen LogP contribution in [0.4, 0.5) is 0 Å². The second-order valence-electron chi connectivity index (χ2n) is 4.44. The number of rotatable bonds is 4. The summed E-state index contributed by atoms with van der Waals surface area (Å²) in [4.78, 5) is 10.6. The molecule has 4 nitrogen and oxygen atoms in total. The molecule has 0 amide bonds. The minimum Gasteiger partial charge on any atom is -0.480 e. The molecular weight excluding hydrogens is 271 g/mol. The first-order valence-electron chi connectivity index (χ1n) is 6.18. The molecule has 20 heavy (non-hydrogen) atoms. The zero-order chi connectivity index (χ0) is 13.9. The molecule has 0 N–H and O–H groups in total. The van der Waals surface area contributed by atoms with E-state index in [0.717, 1.165) is 27.9 Å². The average molecular weight is 284 g/mol. The van der Waals surface area contributed by atoms with Crippen molar-refractivity contribution in [3.8, 4) is 11.4 Å². The monoisotopic (exact) mass is 284 g/mol. The Morgan fingerprint density at radius 1 is 1.10 bits per heavy atom. The van der Waals surface area contributed by atoms with Gasteiger partial charge in [-0.1, -0.05) is 23.4 Å². The van der Waals surface area contributed by atoms with E-state index in [2.05, 4.69) is 19.2 Å². The second-order valence-corrected chi connectivity index (χ2v) is 4.68. The first kappa shape index (κ1) is 12.8. The summed E-state index contributed by atoms with van der Waals surface area (Å²) in [5.41, 5.74) is 3.01. The fourth-order valence-corrected chi connectivity index (χ4v) is 2.50. The molecule has 0 saturated carbocycles. The van der Waals surface area contributed by atoms with Crippen molar-refractivity contribution in [2.75, 3.05) is 0 Å². The number of aromatic nitrogens is 1. The summed E-state index contributed by atoms with van der Waals surface area (Å²) >= 11 is 0. The number of nitrogens with zero attached hydrogens (tertiary/aromatic N) is 2. The quantitative estimate of drug-likeness (QED) is 0.535. The molecule has 0 fully saturated rings. The fourth-order valence-electron chi connectivity index (χ4n) is 2.34. The number of para-hydroxylation sites is 1. The number of nitroso groups, excluding NO2 is 1. The number of hydrogen-bond donors (Lipinski definition) is 0. The van der Waals surface area contributed by atoms with E-state index in [1.807, 2.05) is 54.7 Å². The van der Waals surface area contributed by atoms with E-state index in [0.29, 0.717) is 0 Å². The van der Waals surface area contributed by atoms with Crippen LogP contribution in [-0.2, 0) is 6.54 Å². The molecule has 0 bridgehead atoms. The van der Waals surface area contributed by atoms with Crippen LogP contribution in [0.1, 0.15) is 5.56 Å². The lowest BCUT2D eigenvalue weighted by atomic mass is 10.2. The number of fused-ring (bicyclic) bond motifs is 1. The molecule has 1 atom stereocenters. The lowest BCUT2D eigenvalue weighted by Gasteiger charge is -2.06. The van der Waals surface area contributed by atoms with E-state index >= 15 is 0 Å². The highest BCUT2D eigenvalue weighted by Crippen LogP contribution is 2.26. The van der Waals surface area contributed by atoms with Crippen molar-refractivity contribution in [3.05, 3.63) is 65.2 Å². The third-order valence-corrected chi connectivity index (χ3v) is 3.55. The van der Waals surface area contributed by atoms with Gasteiger partial charge in [-0.2, -0.15) is 4.91 Å². The summed E-state index contributed by atoms with van der Waals surface area (Å²) in [6.07, 6.45) is 1.96. The van der Waals surface area contributed by atoms with Crippen molar-refractivity contribution in [3.63, 3.8) is 0 Å². The lowest BCUT2D eigenvalue weighted by molar-refractivity contribution is 0.646.